The van der Waals surface area contributed by atoms with E-state index in [2.05, 4.69) is 5.10 Å². The van der Waals surface area contributed by atoms with Gasteiger partial charge in [0.1, 0.15) is 6.54 Å². The molecule has 1 amide bonds. The molecular weight excluding hydrogens is 318 g/mol. The van der Waals surface area contributed by atoms with Crippen LogP contribution in [0.25, 0.3) is 5.69 Å². The summed E-state index contributed by atoms with van der Waals surface area (Å²) in [5.74, 6) is -1.48. The molecule has 0 unspecified atom stereocenters. The van der Waals surface area contributed by atoms with Crippen molar-refractivity contribution in [3.8, 4) is 5.69 Å². The van der Waals surface area contributed by atoms with E-state index in [1.165, 1.54) is 4.90 Å². The number of nitrogens with zero attached hydrogens (tertiary/aromatic N) is 3. The van der Waals surface area contributed by atoms with Gasteiger partial charge in [0.05, 0.1) is 10.7 Å². The molecule has 0 aliphatic rings. The molecule has 23 heavy (non-hydrogen) atoms. The summed E-state index contributed by atoms with van der Waals surface area (Å²) in [6.07, 6.45) is 0. The van der Waals surface area contributed by atoms with E-state index in [4.69, 9.17) is 16.7 Å². The number of rotatable bonds is 5. The van der Waals surface area contributed by atoms with Gasteiger partial charge < -0.3 is 10.0 Å². The van der Waals surface area contributed by atoms with Crippen LogP contribution in [0.4, 0.5) is 0 Å². The Balaban J connectivity index is 2.38. The average Bonchev–Trinajstić information content (AvgIpc) is 2.86. The topological polar surface area (TPSA) is 75.4 Å². The minimum Gasteiger partial charge on any atom is -0.480 e. The fourth-order valence-electron chi connectivity index (χ4n) is 2.23. The molecule has 1 aromatic carbocycles. The zero-order chi connectivity index (χ0) is 17.1. The van der Waals surface area contributed by atoms with Gasteiger partial charge in [-0.3, -0.25) is 9.59 Å². The SMILES string of the molecule is Cc1cc(C(=O)N(CC(=O)O)C(C)C)nn1-c1ccccc1Cl. The largest absolute Gasteiger partial charge is 0.480 e. The second-order valence-electron chi connectivity index (χ2n) is 5.45. The summed E-state index contributed by atoms with van der Waals surface area (Å²) in [7, 11) is 0. The van der Waals surface area contributed by atoms with Crippen LogP contribution in [0.5, 0.6) is 0 Å². The molecule has 1 N–H and O–H groups in total. The first-order valence-corrected chi connectivity index (χ1v) is 7.53. The molecule has 0 bridgehead atoms. The first-order valence-electron chi connectivity index (χ1n) is 7.15. The van der Waals surface area contributed by atoms with Crippen LogP contribution >= 0.6 is 11.6 Å². The molecule has 1 heterocycles. The van der Waals surface area contributed by atoms with Crippen molar-refractivity contribution in [2.45, 2.75) is 26.8 Å². The third-order valence-electron chi connectivity index (χ3n) is 3.38. The van der Waals surface area contributed by atoms with Crippen LogP contribution in [-0.2, 0) is 4.79 Å². The van der Waals surface area contributed by atoms with Gasteiger partial charge >= 0.3 is 5.97 Å². The molecule has 7 heteroatoms. The van der Waals surface area contributed by atoms with Crippen LogP contribution < -0.4 is 0 Å². The highest BCUT2D eigenvalue weighted by atomic mass is 35.5. The summed E-state index contributed by atoms with van der Waals surface area (Å²) in [6.45, 7) is 4.97. The minimum absolute atomic E-state index is 0.192. The zero-order valence-corrected chi connectivity index (χ0v) is 13.9. The third kappa shape index (κ3) is 3.71. The Morgan fingerprint density at radius 3 is 2.57 bits per heavy atom. The lowest BCUT2D eigenvalue weighted by Crippen LogP contribution is -2.40. The summed E-state index contributed by atoms with van der Waals surface area (Å²) in [4.78, 5) is 24.8. The maximum Gasteiger partial charge on any atom is 0.323 e. The van der Waals surface area contributed by atoms with E-state index in [0.29, 0.717) is 10.7 Å². The number of aryl methyl sites for hydroxylation is 1. The number of halogens is 1. The van der Waals surface area contributed by atoms with Gasteiger partial charge in [0.15, 0.2) is 5.69 Å². The number of aromatic nitrogens is 2. The van der Waals surface area contributed by atoms with E-state index in [9.17, 15) is 9.59 Å². The van der Waals surface area contributed by atoms with E-state index in [0.717, 1.165) is 5.69 Å². The zero-order valence-electron chi connectivity index (χ0n) is 13.2. The number of carboxylic acids is 1. The molecule has 6 nitrogen and oxygen atoms in total. The van der Waals surface area contributed by atoms with Crippen molar-refractivity contribution in [2.75, 3.05) is 6.54 Å². The second kappa shape index (κ2) is 6.83. The molecule has 0 spiro atoms. The molecule has 2 rings (SSSR count). The number of carbonyl (C=O) groups excluding carboxylic acids is 1. The minimum atomic E-state index is -1.06. The smallest absolute Gasteiger partial charge is 0.323 e. The highest BCUT2D eigenvalue weighted by Crippen LogP contribution is 2.21. The molecule has 0 radical (unpaired) electrons. The molecule has 0 aliphatic heterocycles. The lowest BCUT2D eigenvalue weighted by molar-refractivity contribution is -0.138. The fourth-order valence-corrected chi connectivity index (χ4v) is 2.44. The lowest BCUT2D eigenvalue weighted by Gasteiger charge is -2.23. The van der Waals surface area contributed by atoms with Crippen molar-refractivity contribution in [1.29, 1.82) is 0 Å². The van der Waals surface area contributed by atoms with E-state index in [1.807, 2.05) is 19.1 Å². The number of carbonyl (C=O) groups is 2. The van der Waals surface area contributed by atoms with Crippen molar-refractivity contribution in [2.24, 2.45) is 0 Å². The molecule has 0 aliphatic carbocycles. The number of hydrogen-bond acceptors (Lipinski definition) is 3. The number of benzene rings is 1. The van der Waals surface area contributed by atoms with E-state index in [1.54, 1.807) is 36.7 Å². The summed E-state index contributed by atoms with van der Waals surface area (Å²) in [5, 5.41) is 13.8. The Kier molecular flexibility index (Phi) is 5.05. The van der Waals surface area contributed by atoms with Crippen molar-refractivity contribution in [3.63, 3.8) is 0 Å². The van der Waals surface area contributed by atoms with Crippen molar-refractivity contribution in [1.82, 2.24) is 14.7 Å². The molecule has 0 atom stereocenters. The lowest BCUT2D eigenvalue weighted by atomic mass is 10.2. The quantitative estimate of drug-likeness (QED) is 0.911. The molecule has 0 fully saturated rings. The molecule has 0 saturated heterocycles. The monoisotopic (exact) mass is 335 g/mol. The van der Waals surface area contributed by atoms with Crippen LogP contribution in [0.1, 0.15) is 30.0 Å². The summed E-state index contributed by atoms with van der Waals surface area (Å²) >= 11 is 6.17. The molecular formula is C16H18ClN3O3. The number of hydrogen-bond donors (Lipinski definition) is 1. The number of amides is 1. The Morgan fingerprint density at radius 2 is 2.00 bits per heavy atom. The van der Waals surface area contributed by atoms with Gasteiger partial charge in [-0.2, -0.15) is 5.10 Å². The third-order valence-corrected chi connectivity index (χ3v) is 3.70. The van der Waals surface area contributed by atoms with Crippen LogP contribution in [-0.4, -0.2) is 44.3 Å². The number of carboxylic acid groups (broad SMARTS) is 1. The van der Waals surface area contributed by atoms with Gasteiger partial charge in [-0.05, 0) is 39.0 Å². The number of para-hydroxylation sites is 1. The van der Waals surface area contributed by atoms with Gasteiger partial charge in [-0.15, -0.1) is 0 Å². The summed E-state index contributed by atoms with van der Waals surface area (Å²) < 4.78 is 1.58. The van der Waals surface area contributed by atoms with Crippen LogP contribution in [0, 0.1) is 6.92 Å². The Labute approximate surface area is 139 Å². The van der Waals surface area contributed by atoms with Gasteiger partial charge in [0.25, 0.3) is 5.91 Å². The summed E-state index contributed by atoms with van der Waals surface area (Å²) in [6, 6.07) is 8.56. The number of aliphatic carboxylic acids is 1. The fraction of sp³-hybridized carbons (Fsp3) is 0.312. The van der Waals surface area contributed by atoms with Crippen LogP contribution in [0.15, 0.2) is 30.3 Å². The van der Waals surface area contributed by atoms with E-state index < -0.39 is 11.9 Å². The van der Waals surface area contributed by atoms with Crippen LogP contribution in [0.2, 0.25) is 5.02 Å². The highest BCUT2D eigenvalue weighted by molar-refractivity contribution is 6.32. The van der Waals surface area contributed by atoms with Gasteiger partial charge in [0.2, 0.25) is 0 Å². The molecule has 1 aromatic heterocycles. The van der Waals surface area contributed by atoms with Crippen molar-refractivity contribution < 1.29 is 14.7 Å². The summed E-state index contributed by atoms with van der Waals surface area (Å²) in [5.41, 5.74) is 1.60. The Morgan fingerprint density at radius 1 is 1.35 bits per heavy atom. The van der Waals surface area contributed by atoms with Crippen LogP contribution in [0.3, 0.4) is 0 Å². The molecule has 2 aromatic rings. The van der Waals surface area contributed by atoms with Crippen molar-refractivity contribution in [3.05, 3.63) is 46.7 Å². The average molecular weight is 336 g/mol. The van der Waals surface area contributed by atoms with E-state index in [-0.39, 0.29) is 18.3 Å². The maximum absolute atomic E-state index is 12.6. The predicted molar refractivity (Wildman–Crippen MR) is 87.1 cm³/mol. The second-order valence-corrected chi connectivity index (χ2v) is 5.86. The van der Waals surface area contributed by atoms with Crippen molar-refractivity contribution >= 4 is 23.5 Å². The highest BCUT2D eigenvalue weighted by Gasteiger charge is 2.24. The first kappa shape index (κ1) is 17.0. The first-order chi connectivity index (χ1) is 10.8. The maximum atomic E-state index is 12.6. The van der Waals surface area contributed by atoms with Gasteiger partial charge in [-0.1, -0.05) is 23.7 Å². The van der Waals surface area contributed by atoms with E-state index >= 15 is 0 Å². The standard InChI is InChI=1S/C16H18ClN3O3/c1-10(2)19(9-15(21)22)16(23)13-8-11(3)20(18-13)14-7-5-4-6-12(14)17/h4-8,10H,9H2,1-3H3,(H,21,22). The normalized spacial score (nSPS) is 10.8. The van der Waals surface area contributed by atoms with Gasteiger partial charge in [0, 0.05) is 11.7 Å². The van der Waals surface area contributed by atoms with Gasteiger partial charge in [-0.25, -0.2) is 4.68 Å². The molecule has 122 valence electrons. The Hall–Kier alpha value is -2.34. The predicted octanol–water partition coefficient (Wildman–Crippen LogP) is 2.77. The molecule has 0 saturated carbocycles. The Bertz CT molecular complexity index is 740.